The van der Waals surface area contributed by atoms with E-state index < -0.39 is 0 Å². The number of benzene rings is 1. The summed E-state index contributed by atoms with van der Waals surface area (Å²) < 4.78 is 0. The monoisotopic (exact) mass is 233 g/mol. The van der Waals surface area contributed by atoms with Crippen molar-refractivity contribution in [1.82, 2.24) is 10.2 Å². The molecule has 0 bridgehead atoms. The lowest BCUT2D eigenvalue weighted by Gasteiger charge is -2.07. The first-order chi connectivity index (χ1) is 7.75. The van der Waals surface area contributed by atoms with Gasteiger partial charge in [0.25, 0.3) is 0 Å². The van der Waals surface area contributed by atoms with E-state index in [0.29, 0.717) is 5.15 Å². The predicted octanol–water partition coefficient (Wildman–Crippen LogP) is 2.54. The van der Waals surface area contributed by atoms with Gasteiger partial charge in [-0.15, -0.1) is 0 Å². The third kappa shape index (κ3) is 1.28. The number of H-pyrrole nitrogens is 1. The number of aliphatic imine (C=N–C) groups is 1. The van der Waals surface area contributed by atoms with Gasteiger partial charge < -0.3 is 0 Å². The molecule has 1 heterocycles. The van der Waals surface area contributed by atoms with Crippen molar-refractivity contribution in [3.8, 4) is 0 Å². The van der Waals surface area contributed by atoms with Gasteiger partial charge in [-0.25, -0.2) is 4.79 Å². The molecule has 1 aromatic carbocycles. The molecule has 5 heteroatoms. The summed E-state index contributed by atoms with van der Waals surface area (Å²) in [6.45, 7) is 0. The average molecular weight is 234 g/mol. The van der Waals surface area contributed by atoms with Crippen molar-refractivity contribution in [3.05, 3.63) is 28.9 Å². The molecule has 0 radical (unpaired) electrons. The maximum atomic E-state index is 10.4. The summed E-state index contributed by atoms with van der Waals surface area (Å²) in [4.78, 5) is 14.3. The van der Waals surface area contributed by atoms with Crippen LogP contribution in [0.1, 0.15) is 18.4 Å². The maximum absolute atomic E-state index is 10.4. The fraction of sp³-hybridized carbons (Fsp3) is 0.273. The summed E-state index contributed by atoms with van der Waals surface area (Å²) in [5.74, 6) is 0. The van der Waals surface area contributed by atoms with Gasteiger partial charge in [-0.3, -0.25) is 5.10 Å². The van der Waals surface area contributed by atoms with Crippen molar-refractivity contribution < 1.29 is 4.79 Å². The molecule has 1 aliphatic carbocycles. The first kappa shape index (κ1) is 9.58. The van der Waals surface area contributed by atoms with Crippen LogP contribution in [-0.2, 0) is 10.3 Å². The van der Waals surface area contributed by atoms with Gasteiger partial charge in [-0.2, -0.15) is 10.1 Å². The van der Waals surface area contributed by atoms with Crippen molar-refractivity contribution in [2.24, 2.45) is 4.99 Å². The quantitative estimate of drug-likeness (QED) is 0.640. The summed E-state index contributed by atoms with van der Waals surface area (Å²) in [5, 5.41) is 8.14. The van der Waals surface area contributed by atoms with Crippen LogP contribution in [0.3, 0.4) is 0 Å². The number of carbonyl (C=O) groups excluding carboxylic acids is 1. The third-order valence-electron chi connectivity index (χ3n) is 3.03. The van der Waals surface area contributed by atoms with Crippen molar-refractivity contribution in [2.45, 2.75) is 18.4 Å². The van der Waals surface area contributed by atoms with Gasteiger partial charge in [0.1, 0.15) is 5.15 Å². The Kier molecular flexibility index (Phi) is 1.90. The highest BCUT2D eigenvalue weighted by atomic mass is 35.5. The highest BCUT2D eigenvalue weighted by molar-refractivity contribution is 6.34. The fourth-order valence-electron chi connectivity index (χ4n) is 1.94. The molecule has 80 valence electrons. The summed E-state index contributed by atoms with van der Waals surface area (Å²) in [7, 11) is 0. The van der Waals surface area contributed by atoms with Crippen LogP contribution in [0, 0.1) is 0 Å². The number of nitrogens with zero attached hydrogens (tertiary/aromatic N) is 2. The van der Waals surface area contributed by atoms with Crippen LogP contribution in [0.2, 0.25) is 5.15 Å². The molecule has 16 heavy (non-hydrogen) atoms. The zero-order valence-corrected chi connectivity index (χ0v) is 9.08. The Morgan fingerprint density at radius 3 is 3.00 bits per heavy atom. The molecule has 0 amide bonds. The van der Waals surface area contributed by atoms with Crippen LogP contribution in [0.25, 0.3) is 10.9 Å². The molecule has 1 fully saturated rings. The number of hydrogen-bond donors (Lipinski definition) is 1. The second-order valence-corrected chi connectivity index (χ2v) is 4.38. The minimum atomic E-state index is -0.351. The lowest BCUT2D eigenvalue weighted by molar-refractivity contribution is 0.556. The number of isocyanates is 1. The molecule has 3 rings (SSSR count). The normalized spacial score (nSPS) is 17.1. The van der Waals surface area contributed by atoms with Gasteiger partial charge in [-0.05, 0) is 30.5 Å². The van der Waals surface area contributed by atoms with E-state index in [2.05, 4.69) is 15.2 Å². The Morgan fingerprint density at radius 2 is 2.31 bits per heavy atom. The minimum Gasteiger partial charge on any atom is -0.266 e. The second-order valence-electron chi connectivity index (χ2n) is 4.00. The predicted molar refractivity (Wildman–Crippen MR) is 60.1 cm³/mol. The van der Waals surface area contributed by atoms with Crippen LogP contribution in [0.15, 0.2) is 23.2 Å². The topological polar surface area (TPSA) is 58.1 Å². The highest BCUT2D eigenvalue weighted by Crippen LogP contribution is 2.49. The first-order valence-electron chi connectivity index (χ1n) is 4.98. The van der Waals surface area contributed by atoms with Gasteiger partial charge >= 0.3 is 0 Å². The number of hydrogen-bond acceptors (Lipinski definition) is 3. The first-order valence-corrected chi connectivity index (χ1v) is 5.36. The SMILES string of the molecule is O=C=NC1(c2ccc3n[nH]c(Cl)c3c2)CC1. The molecule has 1 aliphatic rings. The Balaban J connectivity index is 2.18. The highest BCUT2D eigenvalue weighted by Gasteiger charge is 2.44. The van der Waals surface area contributed by atoms with Gasteiger partial charge in [0.15, 0.2) is 0 Å². The van der Waals surface area contributed by atoms with E-state index in [9.17, 15) is 4.79 Å². The van der Waals surface area contributed by atoms with Crippen LogP contribution in [0.5, 0.6) is 0 Å². The van der Waals surface area contributed by atoms with E-state index >= 15 is 0 Å². The van der Waals surface area contributed by atoms with E-state index in [-0.39, 0.29) is 5.54 Å². The summed E-state index contributed by atoms with van der Waals surface area (Å²) >= 11 is 5.97. The van der Waals surface area contributed by atoms with E-state index in [0.717, 1.165) is 29.3 Å². The molecule has 0 saturated heterocycles. The van der Waals surface area contributed by atoms with Gasteiger partial charge in [0, 0.05) is 5.39 Å². The molecule has 1 aromatic heterocycles. The third-order valence-corrected chi connectivity index (χ3v) is 3.32. The molecule has 0 unspecified atom stereocenters. The lowest BCUT2D eigenvalue weighted by Crippen LogP contribution is -2.01. The van der Waals surface area contributed by atoms with Crippen molar-refractivity contribution >= 4 is 28.6 Å². The zero-order chi connectivity index (χ0) is 11.2. The smallest absolute Gasteiger partial charge is 0.235 e. The molecule has 4 nitrogen and oxygen atoms in total. The van der Waals surface area contributed by atoms with Crippen LogP contribution in [0.4, 0.5) is 0 Å². The number of halogens is 1. The number of fused-ring (bicyclic) bond motifs is 1. The molecule has 0 aliphatic heterocycles. The number of aromatic amines is 1. The van der Waals surface area contributed by atoms with E-state index in [4.69, 9.17) is 11.6 Å². The van der Waals surface area contributed by atoms with E-state index in [1.807, 2.05) is 18.2 Å². The number of rotatable bonds is 2. The molecule has 1 N–H and O–H groups in total. The molecule has 1 saturated carbocycles. The average Bonchev–Trinajstić information content (AvgIpc) is 2.99. The Labute approximate surface area is 96.3 Å². The van der Waals surface area contributed by atoms with Crippen molar-refractivity contribution in [2.75, 3.05) is 0 Å². The second kappa shape index (κ2) is 3.17. The zero-order valence-electron chi connectivity index (χ0n) is 8.33. The molecule has 0 atom stereocenters. The van der Waals surface area contributed by atoms with Crippen LogP contribution < -0.4 is 0 Å². The number of nitrogens with one attached hydrogen (secondary N) is 1. The minimum absolute atomic E-state index is 0.351. The van der Waals surface area contributed by atoms with Crippen LogP contribution >= 0.6 is 11.6 Å². The Hall–Kier alpha value is -1.64. The van der Waals surface area contributed by atoms with Gasteiger partial charge in [-0.1, -0.05) is 17.7 Å². The van der Waals surface area contributed by atoms with Crippen molar-refractivity contribution in [1.29, 1.82) is 0 Å². The fourth-order valence-corrected chi connectivity index (χ4v) is 2.13. The molecular weight excluding hydrogens is 226 g/mol. The lowest BCUT2D eigenvalue weighted by atomic mass is 10.0. The summed E-state index contributed by atoms with van der Waals surface area (Å²) in [6, 6.07) is 5.76. The molecule has 0 spiro atoms. The van der Waals surface area contributed by atoms with Gasteiger partial charge in [0.05, 0.1) is 11.1 Å². The van der Waals surface area contributed by atoms with E-state index in [1.165, 1.54) is 0 Å². The Morgan fingerprint density at radius 1 is 1.50 bits per heavy atom. The van der Waals surface area contributed by atoms with E-state index in [1.54, 1.807) is 6.08 Å². The molecular formula is C11H8ClN3O. The standard InChI is InChI=1S/C11H8ClN3O/c12-10-8-5-7(1-2-9(8)14-15-10)11(3-4-11)13-6-16/h1-2,5H,3-4H2,(H,14,15). The summed E-state index contributed by atoms with van der Waals surface area (Å²) in [5.41, 5.74) is 1.47. The Bertz CT molecular complexity index is 609. The van der Waals surface area contributed by atoms with Crippen molar-refractivity contribution in [3.63, 3.8) is 0 Å². The maximum Gasteiger partial charge on any atom is 0.235 e. The van der Waals surface area contributed by atoms with Gasteiger partial charge in [0.2, 0.25) is 6.08 Å². The van der Waals surface area contributed by atoms with Crippen LogP contribution in [-0.4, -0.2) is 16.3 Å². The largest absolute Gasteiger partial charge is 0.266 e. The molecule has 2 aromatic rings. The summed E-state index contributed by atoms with van der Waals surface area (Å²) in [6.07, 6.45) is 3.43. The number of aromatic nitrogens is 2.